The molecule has 5 heteroatoms. The molecular formula is C23H22BrFN2O. The third-order valence-electron chi connectivity index (χ3n) is 5.14. The van der Waals surface area contributed by atoms with Gasteiger partial charge in [0.1, 0.15) is 11.9 Å². The van der Waals surface area contributed by atoms with Crippen molar-refractivity contribution >= 4 is 32.2 Å². The molecule has 0 saturated heterocycles. The van der Waals surface area contributed by atoms with E-state index in [-0.39, 0.29) is 11.9 Å². The average molecular weight is 441 g/mol. The van der Waals surface area contributed by atoms with E-state index in [9.17, 15) is 4.39 Å². The quantitative estimate of drug-likeness (QED) is 0.343. The van der Waals surface area contributed by atoms with Crippen LogP contribution in [0.2, 0.25) is 0 Å². The maximum Gasteiger partial charge on any atom is 0.123 e. The van der Waals surface area contributed by atoms with Gasteiger partial charge in [0.25, 0.3) is 0 Å². The number of unbranched alkanes of at least 4 members (excludes halogenated alkanes) is 1. The van der Waals surface area contributed by atoms with Crippen molar-refractivity contribution in [3.8, 4) is 0 Å². The number of rotatable bonds is 6. The van der Waals surface area contributed by atoms with Gasteiger partial charge in [-0.15, -0.1) is 0 Å². The summed E-state index contributed by atoms with van der Waals surface area (Å²) in [6.07, 6.45) is 4.69. The van der Waals surface area contributed by atoms with Gasteiger partial charge in [0.15, 0.2) is 0 Å². The summed E-state index contributed by atoms with van der Waals surface area (Å²) in [7, 11) is 1.69. The van der Waals surface area contributed by atoms with Crippen LogP contribution in [0.5, 0.6) is 0 Å². The van der Waals surface area contributed by atoms with Crippen molar-refractivity contribution in [2.75, 3.05) is 7.11 Å². The summed E-state index contributed by atoms with van der Waals surface area (Å²) < 4.78 is 22.9. The lowest BCUT2D eigenvalue weighted by molar-refractivity contribution is 0.137. The van der Waals surface area contributed by atoms with E-state index in [0.29, 0.717) is 0 Å². The van der Waals surface area contributed by atoms with Gasteiger partial charge >= 0.3 is 0 Å². The maximum absolute atomic E-state index is 14.1. The summed E-state index contributed by atoms with van der Waals surface area (Å²) in [5.41, 5.74) is 4.02. The molecule has 0 N–H and O–H groups in total. The molecule has 0 amide bonds. The number of hydrogen-bond acceptors (Lipinski definition) is 2. The topological polar surface area (TPSA) is 26.5 Å². The normalized spacial score (nSPS) is 12.7. The first kappa shape index (κ1) is 19.1. The van der Waals surface area contributed by atoms with E-state index >= 15 is 0 Å². The standard InChI is InChI=1S/C23H22BrFN2O/c1-3-4-5-19-12-16-8-11-18(25)13-20(16)22-21(14-26-27(19)22)23(28-2)15-6-9-17(24)10-7-15/h6-14,23H,3-5H2,1-2H3. The number of fused-ring (bicyclic) bond motifs is 3. The van der Waals surface area contributed by atoms with Gasteiger partial charge in [0, 0.05) is 28.2 Å². The van der Waals surface area contributed by atoms with Gasteiger partial charge in [0.05, 0.1) is 11.7 Å². The van der Waals surface area contributed by atoms with Crippen molar-refractivity contribution in [3.05, 3.63) is 81.8 Å². The second-order valence-corrected chi connectivity index (χ2v) is 7.91. The monoisotopic (exact) mass is 440 g/mol. The third kappa shape index (κ3) is 3.45. The summed E-state index contributed by atoms with van der Waals surface area (Å²) in [6, 6.07) is 15.1. The lowest BCUT2D eigenvalue weighted by atomic mass is 9.99. The van der Waals surface area contributed by atoms with Gasteiger partial charge in [-0.05, 0) is 54.1 Å². The fourth-order valence-corrected chi connectivity index (χ4v) is 4.02. The Morgan fingerprint density at radius 2 is 1.93 bits per heavy atom. The molecule has 0 bridgehead atoms. The SMILES string of the molecule is CCCCc1cc2ccc(F)cc2c2c(C(OC)c3ccc(Br)cc3)cnn12. The van der Waals surface area contributed by atoms with Crippen LogP contribution in [-0.4, -0.2) is 16.7 Å². The number of benzene rings is 2. The predicted octanol–water partition coefficient (Wildman–Crippen LogP) is 6.47. The number of aryl methyl sites for hydroxylation is 1. The van der Waals surface area contributed by atoms with Gasteiger partial charge in [-0.2, -0.15) is 5.10 Å². The van der Waals surface area contributed by atoms with Crippen molar-refractivity contribution in [1.82, 2.24) is 9.61 Å². The van der Waals surface area contributed by atoms with E-state index in [2.05, 4.69) is 34.0 Å². The van der Waals surface area contributed by atoms with Crippen LogP contribution in [0.15, 0.2) is 59.2 Å². The Morgan fingerprint density at radius 3 is 2.64 bits per heavy atom. The Labute approximate surface area is 172 Å². The van der Waals surface area contributed by atoms with E-state index in [0.717, 1.165) is 56.8 Å². The zero-order chi connectivity index (χ0) is 19.7. The Bertz CT molecular complexity index is 1120. The minimum absolute atomic E-state index is 0.250. The highest BCUT2D eigenvalue weighted by Crippen LogP contribution is 2.34. The highest BCUT2D eigenvalue weighted by atomic mass is 79.9. The van der Waals surface area contributed by atoms with E-state index in [1.807, 2.05) is 41.0 Å². The zero-order valence-corrected chi connectivity index (χ0v) is 17.5. The van der Waals surface area contributed by atoms with E-state index < -0.39 is 0 Å². The molecule has 0 aliphatic rings. The molecule has 0 aliphatic heterocycles. The molecule has 2 heterocycles. The van der Waals surface area contributed by atoms with Gasteiger partial charge in [-0.1, -0.05) is 47.5 Å². The Balaban J connectivity index is 1.98. The second kappa shape index (κ2) is 8.02. The van der Waals surface area contributed by atoms with Gasteiger partial charge < -0.3 is 4.74 Å². The summed E-state index contributed by atoms with van der Waals surface area (Å²) >= 11 is 3.48. The molecule has 28 heavy (non-hydrogen) atoms. The van der Waals surface area contributed by atoms with Gasteiger partial charge in [-0.25, -0.2) is 8.91 Å². The van der Waals surface area contributed by atoms with Crippen LogP contribution in [0.4, 0.5) is 4.39 Å². The molecule has 1 atom stereocenters. The molecule has 2 aromatic carbocycles. The molecule has 0 fully saturated rings. The molecule has 144 valence electrons. The Hall–Kier alpha value is -2.24. The van der Waals surface area contributed by atoms with Crippen molar-refractivity contribution in [2.24, 2.45) is 0 Å². The number of aromatic nitrogens is 2. The number of pyridine rings is 1. The molecule has 4 rings (SSSR count). The molecule has 0 aliphatic carbocycles. The molecule has 1 unspecified atom stereocenters. The van der Waals surface area contributed by atoms with Crippen LogP contribution in [0.25, 0.3) is 16.3 Å². The van der Waals surface area contributed by atoms with Crippen molar-refractivity contribution in [3.63, 3.8) is 0 Å². The average Bonchev–Trinajstić information content (AvgIpc) is 3.14. The lowest BCUT2D eigenvalue weighted by Gasteiger charge is -2.17. The molecule has 3 nitrogen and oxygen atoms in total. The minimum Gasteiger partial charge on any atom is -0.372 e. The molecular weight excluding hydrogens is 419 g/mol. The molecule has 2 aromatic heterocycles. The largest absolute Gasteiger partial charge is 0.372 e. The predicted molar refractivity (Wildman–Crippen MR) is 114 cm³/mol. The van der Waals surface area contributed by atoms with Crippen LogP contribution < -0.4 is 0 Å². The smallest absolute Gasteiger partial charge is 0.123 e. The number of ether oxygens (including phenoxy) is 1. The van der Waals surface area contributed by atoms with Crippen LogP contribution in [0.1, 0.15) is 42.7 Å². The second-order valence-electron chi connectivity index (χ2n) is 7.00. The third-order valence-corrected chi connectivity index (χ3v) is 5.67. The van der Waals surface area contributed by atoms with Gasteiger partial charge in [-0.3, -0.25) is 0 Å². The molecule has 0 radical (unpaired) electrons. The number of nitrogens with zero attached hydrogens (tertiary/aromatic N) is 2. The minimum atomic E-state index is -0.279. The molecule has 0 spiro atoms. The summed E-state index contributed by atoms with van der Waals surface area (Å²) in [6.45, 7) is 2.18. The molecule has 0 saturated carbocycles. The number of hydrogen-bond donors (Lipinski definition) is 0. The molecule has 4 aromatic rings. The Morgan fingerprint density at radius 1 is 1.14 bits per heavy atom. The van der Waals surface area contributed by atoms with E-state index in [1.54, 1.807) is 13.2 Å². The van der Waals surface area contributed by atoms with Crippen molar-refractivity contribution in [1.29, 1.82) is 0 Å². The lowest BCUT2D eigenvalue weighted by Crippen LogP contribution is -2.05. The van der Waals surface area contributed by atoms with Crippen molar-refractivity contribution in [2.45, 2.75) is 32.3 Å². The summed E-state index contributed by atoms with van der Waals surface area (Å²) in [5, 5.41) is 6.54. The first-order valence-electron chi connectivity index (χ1n) is 9.49. The first-order valence-corrected chi connectivity index (χ1v) is 10.3. The first-order chi connectivity index (χ1) is 13.6. The van der Waals surface area contributed by atoms with Crippen LogP contribution in [0, 0.1) is 5.82 Å². The highest BCUT2D eigenvalue weighted by molar-refractivity contribution is 9.10. The summed E-state index contributed by atoms with van der Waals surface area (Å²) in [4.78, 5) is 0. The maximum atomic E-state index is 14.1. The van der Waals surface area contributed by atoms with E-state index in [1.165, 1.54) is 6.07 Å². The summed E-state index contributed by atoms with van der Waals surface area (Å²) in [5.74, 6) is -0.250. The zero-order valence-electron chi connectivity index (χ0n) is 16.0. The highest BCUT2D eigenvalue weighted by Gasteiger charge is 2.21. The van der Waals surface area contributed by atoms with Gasteiger partial charge in [0.2, 0.25) is 0 Å². The fraction of sp³-hybridized carbons (Fsp3) is 0.261. The van der Waals surface area contributed by atoms with E-state index in [4.69, 9.17) is 4.74 Å². The fourth-order valence-electron chi connectivity index (χ4n) is 3.76. The number of methoxy groups -OCH3 is 1. The van der Waals surface area contributed by atoms with Crippen LogP contribution in [-0.2, 0) is 11.2 Å². The Kier molecular flexibility index (Phi) is 5.47. The van der Waals surface area contributed by atoms with Crippen LogP contribution >= 0.6 is 15.9 Å². The van der Waals surface area contributed by atoms with Crippen LogP contribution in [0.3, 0.4) is 0 Å². The van der Waals surface area contributed by atoms with Crippen molar-refractivity contribution < 1.29 is 9.13 Å². The number of halogens is 2.